The van der Waals surface area contributed by atoms with E-state index in [0.29, 0.717) is 19.3 Å². The Balaban J connectivity index is 1.38. The number of nitrogens with two attached hydrogens (primary N) is 3. The van der Waals surface area contributed by atoms with Gasteiger partial charge in [-0.1, -0.05) is 67.4 Å². The third-order valence-electron chi connectivity index (χ3n) is 10.5. The summed E-state index contributed by atoms with van der Waals surface area (Å²) in [6.07, 6.45) is 4.44. The van der Waals surface area contributed by atoms with Crippen LogP contribution in [0.1, 0.15) is 61.6 Å². The molecule has 2 aliphatic heterocycles. The zero-order valence-electron chi connectivity index (χ0n) is 29.2. The maximum absolute atomic E-state index is 14.9. The molecule has 5 rings (SSSR count). The summed E-state index contributed by atoms with van der Waals surface area (Å²) in [5, 5.41) is 25.5. The second-order valence-electron chi connectivity index (χ2n) is 14.0. The molecule has 3 aliphatic rings. The molecule has 15 heteroatoms. The SMILES string of the molecule is NC(N)=NCCC[C@H](NC(=O)[C@@H]1C[C@@H]2CCCC[C@@H]2N1C(=O)[C@H]1Cc2ccccc2CN1C(=O)[C@H](CO)NC(=O)[C@@H](N)Cc1ccccc1)C(=O)O. The lowest BCUT2D eigenvalue weighted by atomic mass is 9.84. The van der Waals surface area contributed by atoms with Crippen LogP contribution < -0.4 is 27.8 Å². The smallest absolute Gasteiger partial charge is 0.326 e. The maximum Gasteiger partial charge on any atom is 0.326 e. The number of likely N-dealkylation sites (tertiary alicyclic amines) is 1. The van der Waals surface area contributed by atoms with Gasteiger partial charge in [-0.3, -0.25) is 24.2 Å². The average molecular weight is 719 g/mol. The van der Waals surface area contributed by atoms with Gasteiger partial charge in [0.15, 0.2) is 5.96 Å². The summed E-state index contributed by atoms with van der Waals surface area (Å²) in [5.74, 6) is -3.57. The summed E-state index contributed by atoms with van der Waals surface area (Å²) in [6.45, 7) is -0.480. The summed E-state index contributed by atoms with van der Waals surface area (Å²) < 4.78 is 0. The number of aliphatic hydroxyl groups is 1. The predicted octanol–water partition coefficient (Wildman–Crippen LogP) is -0.230. The number of nitrogens with zero attached hydrogens (tertiary/aromatic N) is 3. The Labute approximate surface area is 303 Å². The molecule has 1 aliphatic carbocycles. The fourth-order valence-corrected chi connectivity index (χ4v) is 7.81. The molecule has 52 heavy (non-hydrogen) atoms. The number of nitrogens with one attached hydrogen (secondary N) is 2. The van der Waals surface area contributed by atoms with Crippen molar-refractivity contribution >= 4 is 35.6 Å². The molecule has 15 nitrogen and oxygen atoms in total. The molecule has 0 unspecified atom stereocenters. The van der Waals surface area contributed by atoms with E-state index >= 15 is 0 Å². The van der Waals surface area contributed by atoms with Gasteiger partial charge in [-0.25, -0.2) is 4.79 Å². The van der Waals surface area contributed by atoms with E-state index in [1.165, 1.54) is 4.90 Å². The van der Waals surface area contributed by atoms with Gasteiger partial charge in [-0.05, 0) is 61.1 Å². The first-order valence-electron chi connectivity index (χ1n) is 18.0. The first-order chi connectivity index (χ1) is 25.0. The van der Waals surface area contributed by atoms with E-state index in [1.807, 2.05) is 54.6 Å². The summed E-state index contributed by atoms with van der Waals surface area (Å²) in [7, 11) is 0. The second-order valence-corrected chi connectivity index (χ2v) is 14.0. The molecule has 1 saturated carbocycles. The Hall–Kier alpha value is -5.02. The van der Waals surface area contributed by atoms with Crippen LogP contribution in [0.25, 0.3) is 0 Å². The number of benzene rings is 2. The molecular formula is C37H50N8O7. The van der Waals surface area contributed by atoms with Crippen molar-refractivity contribution in [3.8, 4) is 0 Å². The van der Waals surface area contributed by atoms with Crippen molar-refractivity contribution in [3.63, 3.8) is 0 Å². The molecule has 2 heterocycles. The largest absolute Gasteiger partial charge is 0.480 e. The highest BCUT2D eigenvalue weighted by Gasteiger charge is 2.51. The quantitative estimate of drug-likeness (QED) is 0.0768. The number of aliphatic imine (C=N–C) groups is 1. The molecule has 2 fully saturated rings. The van der Waals surface area contributed by atoms with Gasteiger partial charge < -0.3 is 47.8 Å². The highest BCUT2D eigenvalue weighted by molar-refractivity contribution is 5.96. The van der Waals surface area contributed by atoms with E-state index in [9.17, 15) is 34.2 Å². The van der Waals surface area contributed by atoms with E-state index in [1.54, 1.807) is 4.90 Å². The van der Waals surface area contributed by atoms with Crippen molar-refractivity contribution in [1.82, 2.24) is 20.4 Å². The first kappa shape index (κ1) is 38.2. The molecule has 10 N–H and O–H groups in total. The lowest BCUT2D eigenvalue weighted by Crippen LogP contribution is -2.62. The number of carbonyl (C=O) groups is 5. The zero-order chi connectivity index (χ0) is 37.4. The number of guanidine groups is 1. The topological polar surface area (TPSA) is 247 Å². The van der Waals surface area contributed by atoms with Crippen LogP contribution >= 0.6 is 0 Å². The summed E-state index contributed by atoms with van der Waals surface area (Å²) in [5.41, 5.74) is 19.5. The number of amides is 4. The van der Waals surface area contributed by atoms with Gasteiger partial charge in [0, 0.05) is 25.6 Å². The van der Waals surface area contributed by atoms with E-state index in [-0.39, 0.29) is 50.3 Å². The molecule has 280 valence electrons. The molecule has 0 aromatic heterocycles. The Morgan fingerprint density at radius 2 is 1.60 bits per heavy atom. The number of carboxylic acids is 1. The predicted molar refractivity (Wildman–Crippen MR) is 192 cm³/mol. The molecule has 0 spiro atoms. The summed E-state index contributed by atoms with van der Waals surface area (Å²) in [6, 6.07) is 10.8. The van der Waals surface area contributed by atoms with Crippen LogP contribution in [0.2, 0.25) is 0 Å². The van der Waals surface area contributed by atoms with Crippen LogP contribution in [-0.4, -0.2) is 105 Å². The van der Waals surface area contributed by atoms with Gasteiger partial charge in [0.05, 0.1) is 12.6 Å². The van der Waals surface area contributed by atoms with Gasteiger partial charge >= 0.3 is 5.97 Å². The third-order valence-corrected chi connectivity index (χ3v) is 10.5. The molecule has 7 atom stereocenters. The highest BCUT2D eigenvalue weighted by Crippen LogP contribution is 2.41. The molecule has 1 saturated heterocycles. The van der Waals surface area contributed by atoms with Crippen molar-refractivity contribution < 1.29 is 34.2 Å². The number of fused-ring (bicyclic) bond motifs is 2. The standard InChI is InChI=1S/C37H50N8O7/c38-26(17-22-9-2-1-3-10-22)32(47)43-28(21-46)34(49)44-20-25-13-5-4-11-23(25)18-31(44)35(50)45-29-15-7-6-12-24(29)19-30(45)33(48)42-27(36(51)52)14-8-16-41-37(39)40/h1-5,9-11,13,24,26-31,46H,6-8,12,14-21,38H2,(H,42,48)(H,43,47)(H,51,52)(H4,39,40,41)/t24-,26-,27-,28-,29-,30-,31+/m0/s1. The molecule has 2 aromatic carbocycles. The fourth-order valence-electron chi connectivity index (χ4n) is 7.81. The van der Waals surface area contributed by atoms with Crippen molar-refractivity contribution in [2.75, 3.05) is 13.2 Å². The minimum absolute atomic E-state index is 0.0363. The minimum Gasteiger partial charge on any atom is -0.480 e. The monoisotopic (exact) mass is 718 g/mol. The van der Waals surface area contributed by atoms with E-state index in [2.05, 4.69) is 15.6 Å². The number of aliphatic carboxylic acids is 1. The van der Waals surface area contributed by atoms with Crippen molar-refractivity contribution in [1.29, 1.82) is 0 Å². The van der Waals surface area contributed by atoms with Gasteiger partial charge in [0.2, 0.25) is 23.6 Å². The number of hydrogen-bond donors (Lipinski definition) is 7. The number of carboxylic acid groups (broad SMARTS) is 1. The van der Waals surface area contributed by atoms with Gasteiger partial charge in [-0.2, -0.15) is 0 Å². The molecular weight excluding hydrogens is 668 g/mol. The Morgan fingerprint density at radius 1 is 0.904 bits per heavy atom. The molecule has 4 amide bonds. The zero-order valence-corrected chi connectivity index (χ0v) is 29.2. The number of rotatable bonds is 14. The first-order valence-corrected chi connectivity index (χ1v) is 18.0. The van der Waals surface area contributed by atoms with Crippen LogP contribution in [0, 0.1) is 5.92 Å². The Kier molecular flexibility index (Phi) is 12.8. The maximum atomic E-state index is 14.9. The van der Waals surface area contributed by atoms with Crippen LogP contribution in [-0.2, 0) is 43.4 Å². The molecule has 2 aromatic rings. The highest BCUT2D eigenvalue weighted by atomic mass is 16.4. The third kappa shape index (κ3) is 9.06. The minimum atomic E-state index is -1.37. The van der Waals surface area contributed by atoms with Crippen molar-refractivity contribution in [3.05, 3.63) is 71.3 Å². The Bertz CT molecular complexity index is 1630. The van der Waals surface area contributed by atoms with Crippen LogP contribution in [0.3, 0.4) is 0 Å². The van der Waals surface area contributed by atoms with E-state index in [4.69, 9.17) is 17.2 Å². The lowest BCUT2D eigenvalue weighted by Gasteiger charge is -2.42. The number of hydrogen-bond acceptors (Lipinski definition) is 8. The van der Waals surface area contributed by atoms with Crippen LogP contribution in [0.5, 0.6) is 0 Å². The van der Waals surface area contributed by atoms with Gasteiger partial charge in [-0.15, -0.1) is 0 Å². The van der Waals surface area contributed by atoms with Crippen LogP contribution in [0.4, 0.5) is 0 Å². The summed E-state index contributed by atoms with van der Waals surface area (Å²) >= 11 is 0. The molecule has 0 radical (unpaired) electrons. The van der Waals surface area contributed by atoms with Gasteiger partial charge in [0.25, 0.3) is 0 Å². The van der Waals surface area contributed by atoms with E-state index < -0.39 is 66.4 Å². The van der Waals surface area contributed by atoms with Crippen molar-refractivity contribution in [2.24, 2.45) is 28.1 Å². The summed E-state index contributed by atoms with van der Waals surface area (Å²) in [4.78, 5) is 75.2. The van der Waals surface area contributed by atoms with Crippen LogP contribution in [0.15, 0.2) is 59.6 Å². The second kappa shape index (κ2) is 17.5. The Morgan fingerprint density at radius 3 is 2.29 bits per heavy atom. The molecule has 0 bridgehead atoms. The average Bonchev–Trinajstić information content (AvgIpc) is 3.54. The lowest BCUT2D eigenvalue weighted by molar-refractivity contribution is -0.153. The normalized spacial score (nSPS) is 22.6. The van der Waals surface area contributed by atoms with Crippen molar-refractivity contribution in [2.45, 2.75) is 101 Å². The number of aliphatic hydroxyl groups excluding tert-OH is 1. The number of carbonyl (C=O) groups excluding carboxylic acids is 4. The van der Waals surface area contributed by atoms with E-state index in [0.717, 1.165) is 36.0 Å². The fraction of sp³-hybridized carbons (Fsp3) is 0.514. The van der Waals surface area contributed by atoms with Gasteiger partial charge in [0.1, 0.15) is 24.2 Å².